The van der Waals surface area contributed by atoms with Crippen molar-refractivity contribution in [3.05, 3.63) is 65.9 Å². The molecule has 1 fully saturated rings. The molecule has 0 radical (unpaired) electrons. The van der Waals surface area contributed by atoms with E-state index in [1.807, 2.05) is 54.7 Å². The van der Waals surface area contributed by atoms with Gasteiger partial charge in [-0.05, 0) is 68.9 Å². The van der Waals surface area contributed by atoms with Crippen molar-refractivity contribution in [2.75, 3.05) is 39.2 Å². The number of methoxy groups -OCH3 is 1. The lowest BCUT2D eigenvalue weighted by Crippen LogP contribution is -2.42. The van der Waals surface area contributed by atoms with E-state index in [1.165, 1.54) is 11.8 Å². The summed E-state index contributed by atoms with van der Waals surface area (Å²) in [7, 11) is 5.93. The van der Waals surface area contributed by atoms with Crippen molar-refractivity contribution in [2.45, 2.75) is 35.3 Å². The van der Waals surface area contributed by atoms with Gasteiger partial charge < -0.3 is 19.3 Å². The van der Waals surface area contributed by atoms with E-state index in [0.29, 0.717) is 30.0 Å². The normalized spacial score (nSPS) is 14.1. The molecule has 0 amide bonds. The van der Waals surface area contributed by atoms with Crippen LogP contribution in [-0.2, 0) is 6.61 Å². The van der Waals surface area contributed by atoms with Crippen molar-refractivity contribution >= 4 is 17.7 Å². The minimum atomic E-state index is 0.372. The predicted molar refractivity (Wildman–Crippen MR) is 134 cm³/mol. The highest BCUT2D eigenvalue weighted by Gasteiger charge is 2.23. The van der Waals surface area contributed by atoms with Gasteiger partial charge >= 0.3 is 0 Å². The number of piperidine rings is 1. The number of nitriles is 1. The Hall–Kier alpha value is -3.28. The molecule has 7 nitrogen and oxygen atoms in total. The van der Waals surface area contributed by atoms with Crippen LogP contribution in [0.15, 0.2) is 64.5 Å². The van der Waals surface area contributed by atoms with Gasteiger partial charge in [0.2, 0.25) is 11.8 Å². The highest BCUT2D eigenvalue weighted by Crippen LogP contribution is 2.35. The SMILES string of the molecule is COc1cccc(COc2nc(N3CCC(N(C)C)CC3)ncc2Sc2ccc(C#N)cc2)c1. The molecule has 2 aromatic carbocycles. The molecular formula is C26H29N5O2S. The number of aromatic nitrogens is 2. The third-order valence-electron chi connectivity index (χ3n) is 5.91. The lowest BCUT2D eigenvalue weighted by molar-refractivity contribution is 0.248. The van der Waals surface area contributed by atoms with Crippen LogP contribution in [0.2, 0.25) is 0 Å². The standard InChI is InChI=1S/C26H29N5O2S/c1-30(2)21-11-13-31(14-12-21)26-28-17-24(34-23-9-7-19(16-27)8-10-23)25(29-26)33-18-20-5-4-6-22(15-20)32-3/h4-10,15,17,21H,11-14,18H2,1-3H3. The van der Waals surface area contributed by atoms with Crippen LogP contribution in [0, 0.1) is 11.3 Å². The summed E-state index contributed by atoms with van der Waals surface area (Å²) in [5.41, 5.74) is 1.63. The Morgan fingerprint density at radius 1 is 1.15 bits per heavy atom. The molecule has 0 unspecified atom stereocenters. The Morgan fingerprint density at radius 3 is 2.59 bits per heavy atom. The largest absolute Gasteiger partial charge is 0.497 e. The molecule has 0 aliphatic carbocycles. The Bertz CT molecular complexity index is 1140. The highest BCUT2D eigenvalue weighted by atomic mass is 32.2. The van der Waals surface area contributed by atoms with Crippen LogP contribution >= 0.6 is 11.8 Å². The summed E-state index contributed by atoms with van der Waals surface area (Å²) in [4.78, 5) is 15.8. The summed E-state index contributed by atoms with van der Waals surface area (Å²) >= 11 is 1.53. The van der Waals surface area contributed by atoms with Crippen LogP contribution in [-0.4, -0.2) is 55.2 Å². The maximum Gasteiger partial charge on any atom is 0.232 e. The third-order valence-corrected chi connectivity index (χ3v) is 6.92. The molecule has 3 aromatic rings. The first kappa shape index (κ1) is 23.9. The van der Waals surface area contributed by atoms with Crippen molar-refractivity contribution < 1.29 is 9.47 Å². The van der Waals surface area contributed by atoms with Crippen LogP contribution in [0.1, 0.15) is 24.0 Å². The zero-order valence-electron chi connectivity index (χ0n) is 19.8. The van der Waals surface area contributed by atoms with E-state index in [1.54, 1.807) is 7.11 Å². The van der Waals surface area contributed by atoms with Gasteiger partial charge in [-0.3, -0.25) is 0 Å². The number of benzene rings is 2. The van der Waals surface area contributed by atoms with Crippen LogP contribution in [0.25, 0.3) is 0 Å². The zero-order chi connectivity index (χ0) is 23.9. The summed E-state index contributed by atoms with van der Waals surface area (Å²) in [5, 5.41) is 9.07. The smallest absolute Gasteiger partial charge is 0.232 e. The number of nitrogens with zero attached hydrogens (tertiary/aromatic N) is 5. The van der Waals surface area contributed by atoms with E-state index in [9.17, 15) is 0 Å². The zero-order valence-corrected chi connectivity index (χ0v) is 20.6. The number of hydrogen-bond acceptors (Lipinski definition) is 8. The molecule has 0 saturated carbocycles. The molecule has 0 spiro atoms. The molecule has 0 N–H and O–H groups in total. The Morgan fingerprint density at radius 2 is 1.91 bits per heavy atom. The molecule has 34 heavy (non-hydrogen) atoms. The highest BCUT2D eigenvalue weighted by molar-refractivity contribution is 7.99. The molecule has 2 heterocycles. The summed E-state index contributed by atoms with van der Waals surface area (Å²) in [5.74, 6) is 2.04. The van der Waals surface area contributed by atoms with Gasteiger partial charge in [-0.1, -0.05) is 23.9 Å². The van der Waals surface area contributed by atoms with Gasteiger partial charge in [0.25, 0.3) is 0 Å². The minimum absolute atomic E-state index is 0.372. The Labute approximate surface area is 205 Å². The van der Waals surface area contributed by atoms with Crippen molar-refractivity contribution in [1.29, 1.82) is 5.26 Å². The molecule has 1 aromatic heterocycles. The summed E-state index contributed by atoms with van der Waals surface area (Å²) < 4.78 is 11.5. The molecular weight excluding hydrogens is 446 g/mol. The fraction of sp³-hybridized carbons (Fsp3) is 0.346. The number of ether oxygens (including phenoxy) is 2. The first-order chi connectivity index (χ1) is 16.6. The van der Waals surface area contributed by atoms with Crippen LogP contribution in [0.5, 0.6) is 11.6 Å². The molecule has 1 aliphatic heterocycles. The first-order valence-electron chi connectivity index (χ1n) is 11.3. The lowest BCUT2D eigenvalue weighted by Gasteiger charge is -2.35. The molecule has 8 heteroatoms. The van der Waals surface area contributed by atoms with E-state index in [4.69, 9.17) is 19.7 Å². The second-order valence-electron chi connectivity index (χ2n) is 8.40. The van der Waals surface area contributed by atoms with Crippen molar-refractivity contribution in [3.8, 4) is 17.7 Å². The van der Waals surface area contributed by atoms with Crippen LogP contribution < -0.4 is 14.4 Å². The topological polar surface area (TPSA) is 74.5 Å². The second-order valence-corrected chi connectivity index (χ2v) is 9.52. The average Bonchev–Trinajstić information content (AvgIpc) is 2.88. The molecule has 4 rings (SSSR count). The Kier molecular flexibility index (Phi) is 7.88. The predicted octanol–water partition coefficient (Wildman–Crippen LogP) is 4.62. The van der Waals surface area contributed by atoms with Gasteiger partial charge in [-0.15, -0.1) is 0 Å². The molecule has 176 valence electrons. The fourth-order valence-corrected chi connectivity index (χ4v) is 4.72. The van der Waals surface area contributed by atoms with E-state index in [2.05, 4.69) is 34.9 Å². The quantitative estimate of drug-likeness (QED) is 0.467. The summed E-state index contributed by atoms with van der Waals surface area (Å²) in [6.07, 6.45) is 4.00. The van der Waals surface area contributed by atoms with Gasteiger partial charge in [0, 0.05) is 24.0 Å². The molecule has 0 bridgehead atoms. The molecule has 1 saturated heterocycles. The summed E-state index contributed by atoms with van der Waals surface area (Å²) in [6.45, 7) is 2.21. The van der Waals surface area contributed by atoms with Crippen molar-refractivity contribution in [1.82, 2.24) is 14.9 Å². The molecule has 1 aliphatic rings. The first-order valence-corrected chi connectivity index (χ1v) is 12.1. The lowest BCUT2D eigenvalue weighted by atomic mass is 10.0. The molecule has 0 atom stereocenters. The Balaban J connectivity index is 1.55. The van der Waals surface area contributed by atoms with E-state index >= 15 is 0 Å². The fourth-order valence-electron chi connectivity index (χ4n) is 3.89. The number of anilines is 1. The van der Waals surface area contributed by atoms with E-state index in [-0.39, 0.29) is 0 Å². The number of rotatable bonds is 8. The number of hydrogen-bond donors (Lipinski definition) is 0. The maximum absolute atomic E-state index is 9.07. The van der Waals surface area contributed by atoms with Gasteiger partial charge in [-0.2, -0.15) is 10.2 Å². The van der Waals surface area contributed by atoms with Gasteiger partial charge in [0.15, 0.2) is 0 Å². The van der Waals surface area contributed by atoms with Crippen molar-refractivity contribution in [2.24, 2.45) is 0 Å². The van der Waals surface area contributed by atoms with Crippen LogP contribution in [0.3, 0.4) is 0 Å². The van der Waals surface area contributed by atoms with Gasteiger partial charge in [0.1, 0.15) is 12.4 Å². The maximum atomic E-state index is 9.07. The monoisotopic (exact) mass is 475 g/mol. The average molecular weight is 476 g/mol. The van der Waals surface area contributed by atoms with Gasteiger partial charge in [0.05, 0.1) is 29.8 Å². The third kappa shape index (κ3) is 5.99. The van der Waals surface area contributed by atoms with E-state index < -0.39 is 0 Å². The van der Waals surface area contributed by atoms with Gasteiger partial charge in [-0.25, -0.2) is 4.98 Å². The van der Waals surface area contributed by atoms with Crippen molar-refractivity contribution in [3.63, 3.8) is 0 Å². The van der Waals surface area contributed by atoms with Crippen LogP contribution in [0.4, 0.5) is 5.95 Å². The second kappa shape index (κ2) is 11.2. The van der Waals surface area contributed by atoms with E-state index in [0.717, 1.165) is 47.0 Å². The minimum Gasteiger partial charge on any atom is -0.497 e. The summed E-state index contributed by atoms with van der Waals surface area (Å²) in [6, 6.07) is 18.0.